The van der Waals surface area contributed by atoms with Crippen molar-refractivity contribution in [3.63, 3.8) is 0 Å². The molecule has 1 aromatic heterocycles. The van der Waals surface area contributed by atoms with Gasteiger partial charge in [-0.25, -0.2) is 5.84 Å². The summed E-state index contributed by atoms with van der Waals surface area (Å²) in [5.41, 5.74) is 2.53. The number of hydrogen-bond acceptors (Lipinski definition) is 7. The lowest BCUT2D eigenvalue weighted by atomic mass is 10.1. The third kappa shape index (κ3) is 3.09. The van der Waals surface area contributed by atoms with Gasteiger partial charge in [0.1, 0.15) is 0 Å². The van der Waals surface area contributed by atoms with Crippen molar-refractivity contribution in [2.75, 3.05) is 35.3 Å². The molecule has 2 aliphatic rings. The summed E-state index contributed by atoms with van der Waals surface area (Å²) in [6.07, 6.45) is 5.10. The van der Waals surface area contributed by atoms with Crippen molar-refractivity contribution in [1.29, 1.82) is 0 Å². The van der Waals surface area contributed by atoms with Crippen LogP contribution >= 0.6 is 0 Å². The lowest BCUT2D eigenvalue weighted by Crippen LogP contribution is -2.24. The van der Waals surface area contributed by atoms with Crippen LogP contribution in [0.1, 0.15) is 32.6 Å². The quantitative estimate of drug-likeness (QED) is 0.532. The van der Waals surface area contributed by atoms with Crippen LogP contribution in [-0.2, 0) is 0 Å². The minimum Gasteiger partial charge on any atom is -0.354 e. The Balaban J connectivity index is 1.69. The maximum Gasteiger partial charge on any atom is 0.243 e. The smallest absolute Gasteiger partial charge is 0.243 e. The van der Waals surface area contributed by atoms with E-state index in [4.69, 9.17) is 5.84 Å². The van der Waals surface area contributed by atoms with E-state index in [1.165, 1.54) is 25.7 Å². The number of rotatable bonds is 6. The van der Waals surface area contributed by atoms with Crippen LogP contribution in [0.2, 0.25) is 0 Å². The maximum atomic E-state index is 5.45. The Hall–Kier alpha value is -1.63. The highest BCUT2D eigenvalue weighted by Crippen LogP contribution is 2.36. The highest BCUT2D eigenvalue weighted by Gasteiger charge is 2.27. The van der Waals surface area contributed by atoms with Crippen molar-refractivity contribution in [2.24, 2.45) is 17.7 Å². The Kier molecular flexibility index (Phi) is 3.86. The van der Waals surface area contributed by atoms with Gasteiger partial charge in [0, 0.05) is 19.6 Å². The Morgan fingerprint density at radius 3 is 2.55 bits per heavy atom. The summed E-state index contributed by atoms with van der Waals surface area (Å²) in [5.74, 6) is 8.73. The SMILES string of the molecule is CC(CNc1nc(NN)nc(N2CCCC2)n1)C1CC1. The fourth-order valence-corrected chi connectivity index (χ4v) is 2.65. The van der Waals surface area contributed by atoms with Crippen molar-refractivity contribution in [3.8, 4) is 0 Å². The first-order valence-corrected chi connectivity index (χ1v) is 7.48. The summed E-state index contributed by atoms with van der Waals surface area (Å²) in [4.78, 5) is 15.3. The van der Waals surface area contributed by atoms with Crippen molar-refractivity contribution >= 4 is 17.8 Å². The molecular weight excluding hydrogens is 254 g/mol. The van der Waals surface area contributed by atoms with Gasteiger partial charge in [0.25, 0.3) is 0 Å². The summed E-state index contributed by atoms with van der Waals surface area (Å²) in [6.45, 7) is 5.19. The second kappa shape index (κ2) is 5.78. The number of nitrogen functional groups attached to an aromatic ring is 1. The molecule has 0 radical (unpaired) electrons. The van der Waals surface area contributed by atoms with Crippen molar-refractivity contribution < 1.29 is 0 Å². The molecular formula is C13H23N7. The molecule has 1 aromatic rings. The zero-order chi connectivity index (χ0) is 13.9. The first kappa shape index (κ1) is 13.4. The van der Waals surface area contributed by atoms with Gasteiger partial charge in [-0.1, -0.05) is 6.92 Å². The van der Waals surface area contributed by atoms with Crippen molar-refractivity contribution in [2.45, 2.75) is 32.6 Å². The van der Waals surface area contributed by atoms with Crippen LogP contribution < -0.4 is 21.5 Å². The molecule has 2 heterocycles. The second-order valence-corrected chi connectivity index (χ2v) is 5.82. The standard InChI is InChI=1S/C13H23N7/c1-9(10-4-5-10)8-15-11-16-12(19-14)18-13(17-11)20-6-2-3-7-20/h9-10H,2-8,14H2,1H3,(H2,15,16,17,18,19). The molecule has 0 amide bonds. The van der Waals surface area contributed by atoms with Crippen LogP contribution in [0.3, 0.4) is 0 Å². The van der Waals surface area contributed by atoms with E-state index in [1.54, 1.807) is 0 Å². The van der Waals surface area contributed by atoms with Gasteiger partial charge >= 0.3 is 0 Å². The molecule has 1 unspecified atom stereocenters. The van der Waals surface area contributed by atoms with E-state index in [0.717, 1.165) is 25.6 Å². The van der Waals surface area contributed by atoms with E-state index in [9.17, 15) is 0 Å². The summed E-state index contributed by atoms with van der Waals surface area (Å²) >= 11 is 0. The summed E-state index contributed by atoms with van der Waals surface area (Å²) in [7, 11) is 0. The zero-order valence-corrected chi connectivity index (χ0v) is 12.0. The third-order valence-corrected chi connectivity index (χ3v) is 4.15. The average molecular weight is 277 g/mol. The molecule has 1 atom stereocenters. The van der Waals surface area contributed by atoms with Gasteiger partial charge in [-0.15, -0.1) is 0 Å². The van der Waals surface area contributed by atoms with Crippen LogP contribution in [0.5, 0.6) is 0 Å². The van der Waals surface area contributed by atoms with E-state index in [1.807, 2.05) is 0 Å². The van der Waals surface area contributed by atoms with Crippen molar-refractivity contribution in [1.82, 2.24) is 15.0 Å². The van der Waals surface area contributed by atoms with E-state index < -0.39 is 0 Å². The van der Waals surface area contributed by atoms with E-state index in [2.05, 4.69) is 37.5 Å². The molecule has 1 saturated heterocycles. The zero-order valence-electron chi connectivity index (χ0n) is 12.0. The molecule has 3 rings (SSSR count). The molecule has 1 aliphatic carbocycles. The molecule has 20 heavy (non-hydrogen) atoms. The summed E-state index contributed by atoms with van der Waals surface area (Å²) in [6, 6.07) is 0. The Bertz CT molecular complexity index is 454. The highest BCUT2D eigenvalue weighted by molar-refractivity contribution is 5.43. The van der Waals surface area contributed by atoms with E-state index in [-0.39, 0.29) is 0 Å². The number of anilines is 3. The van der Waals surface area contributed by atoms with E-state index in [0.29, 0.717) is 23.8 Å². The van der Waals surface area contributed by atoms with E-state index >= 15 is 0 Å². The lowest BCUT2D eigenvalue weighted by molar-refractivity contribution is 0.535. The first-order valence-electron chi connectivity index (χ1n) is 7.48. The minimum atomic E-state index is 0.420. The van der Waals surface area contributed by atoms with Gasteiger partial charge in [-0.3, -0.25) is 5.43 Å². The maximum absolute atomic E-state index is 5.45. The van der Waals surface area contributed by atoms with Crippen molar-refractivity contribution in [3.05, 3.63) is 0 Å². The van der Waals surface area contributed by atoms with Crippen LogP contribution in [0.4, 0.5) is 17.8 Å². The monoisotopic (exact) mass is 277 g/mol. The molecule has 4 N–H and O–H groups in total. The molecule has 7 heteroatoms. The van der Waals surface area contributed by atoms with Crippen LogP contribution in [0.15, 0.2) is 0 Å². The Labute approximate surface area is 119 Å². The molecule has 0 aromatic carbocycles. The van der Waals surface area contributed by atoms with Gasteiger partial charge in [0.05, 0.1) is 0 Å². The Morgan fingerprint density at radius 1 is 1.20 bits per heavy atom. The third-order valence-electron chi connectivity index (χ3n) is 4.15. The molecule has 1 saturated carbocycles. The normalized spacial score (nSPS) is 20.0. The number of nitrogens with two attached hydrogens (primary N) is 1. The van der Waals surface area contributed by atoms with Gasteiger partial charge in [-0.2, -0.15) is 15.0 Å². The summed E-state index contributed by atoms with van der Waals surface area (Å²) < 4.78 is 0. The fourth-order valence-electron chi connectivity index (χ4n) is 2.65. The summed E-state index contributed by atoms with van der Waals surface area (Å²) in [5, 5.41) is 3.32. The second-order valence-electron chi connectivity index (χ2n) is 5.82. The van der Waals surface area contributed by atoms with Gasteiger partial charge in [0.15, 0.2) is 0 Å². The molecule has 0 bridgehead atoms. The minimum absolute atomic E-state index is 0.420. The predicted octanol–water partition coefficient (Wildman–Crippen LogP) is 1.22. The van der Waals surface area contributed by atoms with Gasteiger partial charge < -0.3 is 10.2 Å². The highest BCUT2D eigenvalue weighted by atomic mass is 15.4. The number of hydrogen-bond donors (Lipinski definition) is 3. The van der Waals surface area contributed by atoms with Crippen LogP contribution in [0, 0.1) is 11.8 Å². The lowest BCUT2D eigenvalue weighted by Gasteiger charge is -2.17. The average Bonchev–Trinajstić information content (AvgIpc) is 3.19. The molecule has 2 fully saturated rings. The number of aromatic nitrogens is 3. The molecule has 7 nitrogen and oxygen atoms in total. The number of hydrazine groups is 1. The molecule has 110 valence electrons. The van der Waals surface area contributed by atoms with Gasteiger partial charge in [0.2, 0.25) is 17.8 Å². The fraction of sp³-hybridized carbons (Fsp3) is 0.769. The molecule has 0 spiro atoms. The number of nitrogens with one attached hydrogen (secondary N) is 2. The first-order chi connectivity index (χ1) is 9.76. The predicted molar refractivity (Wildman–Crippen MR) is 79.5 cm³/mol. The Morgan fingerprint density at radius 2 is 1.90 bits per heavy atom. The van der Waals surface area contributed by atoms with Gasteiger partial charge in [-0.05, 0) is 37.5 Å². The number of nitrogens with zero attached hydrogens (tertiary/aromatic N) is 4. The molecule has 1 aliphatic heterocycles. The largest absolute Gasteiger partial charge is 0.354 e. The van der Waals surface area contributed by atoms with Crippen LogP contribution in [-0.4, -0.2) is 34.6 Å². The van der Waals surface area contributed by atoms with Crippen LogP contribution in [0.25, 0.3) is 0 Å². The topological polar surface area (TPSA) is 92.0 Å².